The quantitative estimate of drug-likeness (QED) is 0.476. The predicted octanol–water partition coefficient (Wildman–Crippen LogP) is 4.07. The molecule has 0 aromatic rings. The molecule has 8 heteroatoms. The molecule has 2 amide bonds. The second-order valence-corrected chi connectivity index (χ2v) is 14.1. The van der Waals surface area contributed by atoms with Crippen LogP contribution in [0.5, 0.6) is 0 Å². The zero-order chi connectivity index (χ0) is 26.8. The molecule has 6 unspecified atom stereocenters. The molecule has 0 aromatic heterocycles. The Hall–Kier alpha value is -1.12. The topological polar surface area (TPSA) is 93.9 Å². The van der Waals surface area contributed by atoms with Crippen LogP contribution in [0.25, 0.3) is 0 Å². The fraction of sp³-hybridized carbons (Fsp3) is 0.931. The van der Waals surface area contributed by atoms with E-state index in [4.69, 9.17) is 15.0 Å². The summed E-state index contributed by atoms with van der Waals surface area (Å²) in [7, 11) is -0.451. The Morgan fingerprint density at radius 3 is 2.49 bits per heavy atom. The van der Waals surface area contributed by atoms with Crippen molar-refractivity contribution in [1.29, 1.82) is 0 Å². The molecule has 37 heavy (non-hydrogen) atoms. The third-order valence-electron chi connectivity index (χ3n) is 11.5. The van der Waals surface area contributed by atoms with Gasteiger partial charge in [-0.2, -0.15) is 0 Å². The van der Waals surface area contributed by atoms with Crippen LogP contribution in [0.4, 0.5) is 0 Å². The van der Waals surface area contributed by atoms with Gasteiger partial charge in [0, 0.05) is 6.54 Å². The van der Waals surface area contributed by atoms with E-state index in [1.807, 2.05) is 13.8 Å². The number of nitrogens with zero attached hydrogens (tertiary/aromatic N) is 1. The molecule has 2 aliphatic heterocycles. The van der Waals surface area contributed by atoms with Crippen LogP contribution in [0, 0.1) is 29.1 Å². The molecule has 7 nitrogen and oxygen atoms in total. The molecule has 208 valence electrons. The highest BCUT2D eigenvalue weighted by Crippen LogP contribution is 2.65. The molecule has 6 fully saturated rings. The van der Waals surface area contributed by atoms with Crippen molar-refractivity contribution in [3.05, 3.63) is 0 Å². The highest BCUT2D eigenvalue weighted by Gasteiger charge is 2.68. The maximum Gasteiger partial charge on any atom is 0.481 e. The first kappa shape index (κ1) is 27.5. The summed E-state index contributed by atoms with van der Waals surface area (Å²) in [6.07, 6.45) is 10.3. The van der Waals surface area contributed by atoms with E-state index in [0.717, 1.165) is 19.3 Å². The van der Waals surface area contributed by atoms with E-state index in [-0.39, 0.29) is 40.8 Å². The Labute approximate surface area is 224 Å². The van der Waals surface area contributed by atoms with Crippen molar-refractivity contribution in [1.82, 2.24) is 10.2 Å². The molecule has 6 rings (SSSR count). The van der Waals surface area contributed by atoms with Crippen molar-refractivity contribution < 1.29 is 18.9 Å². The van der Waals surface area contributed by atoms with Gasteiger partial charge in [-0.1, -0.05) is 66.7 Å². The molecule has 0 radical (unpaired) electrons. The van der Waals surface area contributed by atoms with E-state index in [2.05, 4.69) is 33.0 Å². The molecule has 0 aromatic carbocycles. The normalized spacial score (nSPS) is 38.9. The number of rotatable bonds is 8. The van der Waals surface area contributed by atoms with Gasteiger partial charge in [-0.05, 0) is 68.1 Å². The minimum atomic E-state index is -0.884. The van der Waals surface area contributed by atoms with Crippen LogP contribution in [-0.4, -0.2) is 59.6 Å². The van der Waals surface area contributed by atoms with E-state index in [9.17, 15) is 9.59 Å². The number of amides is 2. The summed E-state index contributed by atoms with van der Waals surface area (Å²) in [5, 5.41) is 3.30. The average molecular weight is 516 g/mol. The van der Waals surface area contributed by atoms with E-state index < -0.39 is 18.7 Å². The Morgan fingerprint density at radius 1 is 1.19 bits per heavy atom. The second kappa shape index (κ2) is 9.81. The monoisotopic (exact) mass is 515 g/mol. The van der Waals surface area contributed by atoms with Gasteiger partial charge >= 0.3 is 7.12 Å². The van der Waals surface area contributed by atoms with Gasteiger partial charge in [-0.3, -0.25) is 9.59 Å². The van der Waals surface area contributed by atoms with Crippen molar-refractivity contribution in [2.75, 3.05) is 6.54 Å². The van der Waals surface area contributed by atoms with Gasteiger partial charge < -0.3 is 25.3 Å². The van der Waals surface area contributed by atoms with Crippen molar-refractivity contribution in [3.63, 3.8) is 0 Å². The first-order valence-electron chi connectivity index (χ1n) is 15.1. The summed E-state index contributed by atoms with van der Waals surface area (Å²) in [6.45, 7) is 13.6. The standard InChI is InChI=1S/C29H50BN3O4/c1-7-24(30-36-23-17-20-16-22(27(20,4)5)28(23,6)37-30)32-25(34)21(15-19-11-9-8-10-12-19)33-14-13-29(31,18(2)3)26(33)35/h18-24H,7-17,31H2,1-6H3,(H,32,34)/t20?,21-,22?,23?,24?,28?,29?/m0/s1. The first-order chi connectivity index (χ1) is 17.4. The molecular formula is C29H50BN3O4. The van der Waals surface area contributed by atoms with Crippen LogP contribution in [0.2, 0.25) is 0 Å². The number of carbonyl (C=O) groups is 2. The van der Waals surface area contributed by atoms with Crippen LogP contribution >= 0.6 is 0 Å². The maximum absolute atomic E-state index is 14.0. The van der Waals surface area contributed by atoms with Gasteiger partial charge in [0.2, 0.25) is 11.8 Å². The fourth-order valence-electron chi connectivity index (χ4n) is 8.44. The molecule has 2 bridgehead atoms. The minimum Gasteiger partial charge on any atom is -0.404 e. The number of hydrogen-bond donors (Lipinski definition) is 2. The molecule has 2 heterocycles. The van der Waals surface area contributed by atoms with Gasteiger partial charge in [-0.25, -0.2) is 0 Å². The van der Waals surface area contributed by atoms with Crippen LogP contribution in [0.15, 0.2) is 0 Å². The lowest BCUT2D eigenvalue weighted by Crippen LogP contribution is -2.65. The van der Waals surface area contributed by atoms with E-state index in [1.165, 1.54) is 25.7 Å². The molecule has 4 aliphatic carbocycles. The summed E-state index contributed by atoms with van der Waals surface area (Å²) >= 11 is 0. The molecule has 6 aliphatic rings. The number of nitrogens with one attached hydrogen (secondary N) is 1. The number of hydrogen-bond acceptors (Lipinski definition) is 5. The molecular weight excluding hydrogens is 465 g/mol. The van der Waals surface area contributed by atoms with Crippen LogP contribution in [0.3, 0.4) is 0 Å². The van der Waals surface area contributed by atoms with Crippen LogP contribution in [-0.2, 0) is 18.9 Å². The zero-order valence-electron chi connectivity index (χ0n) is 24.1. The third kappa shape index (κ3) is 4.47. The van der Waals surface area contributed by atoms with E-state index in [1.54, 1.807) is 4.90 Å². The molecule has 0 spiro atoms. The Morgan fingerprint density at radius 2 is 1.89 bits per heavy atom. The molecule has 2 saturated heterocycles. The SMILES string of the molecule is CCC(NC(=O)[C@H](CC1CCCCC1)N1CCC(N)(C(C)C)C1=O)B1OC2CC3CC(C3(C)C)C2(C)O1. The molecule has 4 saturated carbocycles. The predicted molar refractivity (Wildman–Crippen MR) is 145 cm³/mol. The highest BCUT2D eigenvalue weighted by molar-refractivity contribution is 6.47. The number of likely N-dealkylation sites (tertiary alicyclic amines) is 1. The highest BCUT2D eigenvalue weighted by atomic mass is 16.7. The lowest BCUT2D eigenvalue weighted by atomic mass is 9.43. The largest absolute Gasteiger partial charge is 0.481 e. The van der Waals surface area contributed by atoms with E-state index >= 15 is 0 Å². The van der Waals surface area contributed by atoms with Crippen LogP contribution in [0.1, 0.15) is 106 Å². The Bertz CT molecular complexity index is 892. The summed E-state index contributed by atoms with van der Waals surface area (Å²) in [6, 6.07) is -0.486. The van der Waals surface area contributed by atoms with Gasteiger partial charge in [-0.15, -0.1) is 0 Å². The maximum atomic E-state index is 14.0. The summed E-state index contributed by atoms with van der Waals surface area (Å²) < 4.78 is 13.2. The lowest BCUT2D eigenvalue weighted by molar-refractivity contribution is -0.199. The van der Waals surface area contributed by atoms with Gasteiger partial charge in [0.15, 0.2) is 0 Å². The number of nitrogens with two attached hydrogens (primary N) is 1. The van der Waals surface area contributed by atoms with Crippen LogP contribution < -0.4 is 11.1 Å². The summed E-state index contributed by atoms with van der Waals surface area (Å²) in [4.78, 5) is 29.3. The van der Waals surface area contributed by atoms with Crippen molar-refractivity contribution >= 4 is 18.9 Å². The van der Waals surface area contributed by atoms with Crippen molar-refractivity contribution in [3.8, 4) is 0 Å². The van der Waals surface area contributed by atoms with Crippen molar-refractivity contribution in [2.24, 2.45) is 34.8 Å². The van der Waals surface area contributed by atoms with Gasteiger partial charge in [0.25, 0.3) is 0 Å². The van der Waals surface area contributed by atoms with Gasteiger partial charge in [0.05, 0.1) is 23.2 Å². The minimum absolute atomic E-state index is 0.0339. The number of carbonyl (C=O) groups excluding carboxylic acids is 2. The van der Waals surface area contributed by atoms with E-state index in [0.29, 0.717) is 43.6 Å². The second-order valence-electron chi connectivity index (χ2n) is 14.1. The Kier molecular flexibility index (Phi) is 7.28. The molecule has 3 N–H and O–H groups in total. The average Bonchev–Trinajstić information content (AvgIpc) is 3.38. The van der Waals surface area contributed by atoms with Gasteiger partial charge in [0.1, 0.15) is 6.04 Å². The first-order valence-corrected chi connectivity index (χ1v) is 15.1. The third-order valence-corrected chi connectivity index (χ3v) is 11.5. The summed E-state index contributed by atoms with van der Waals surface area (Å²) in [5.41, 5.74) is 5.68. The fourth-order valence-corrected chi connectivity index (χ4v) is 8.44. The lowest BCUT2D eigenvalue weighted by Gasteiger charge is -2.64. The summed E-state index contributed by atoms with van der Waals surface area (Å²) in [5.74, 6) is 1.29. The zero-order valence-corrected chi connectivity index (χ0v) is 24.1. The van der Waals surface area contributed by atoms with Crippen molar-refractivity contribution in [2.45, 2.75) is 135 Å². The molecule has 7 atom stereocenters. The Balaban J connectivity index is 1.31. The smallest absolute Gasteiger partial charge is 0.404 e.